The molecular weight excluding hydrogens is 1130 g/mol. The van der Waals surface area contributed by atoms with Gasteiger partial charge >= 0.3 is 6.09 Å². The van der Waals surface area contributed by atoms with Gasteiger partial charge < -0.3 is 61.7 Å². The summed E-state index contributed by atoms with van der Waals surface area (Å²) in [5.74, 6) is 0.737. The van der Waals surface area contributed by atoms with Crippen molar-refractivity contribution >= 4 is 6.09 Å². The number of hydrogen-bond donors (Lipinski definition) is 0. The van der Waals surface area contributed by atoms with Crippen LogP contribution in [0.25, 0.3) is 0 Å². The van der Waals surface area contributed by atoms with Gasteiger partial charge in [-0.05, 0) is 76.4 Å². The van der Waals surface area contributed by atoms with Gasteiger partial charge in [0, 0.05) is 19.7 Å². The summed E-state index contributed by atoms with van der Waals surface area (Å²) in [7, 11) is 1.65. The molecule has 0 spiro atoms. The van der Waals surface area contributed by atoms with E-state index in [2.05, 4.69) is 0 Å². The highest BCUT2D eigenvalue weighted by molar-refractivity contribution is 5.67. The molecule has 2 aliphatic rings. The molecule has 0 N–H and O–H groups in total. The molecule has 0 saturated carbocycles. The summed E-state index contributed by atoms with van der Waals surface area (Å²) < 4.78 is 81.8. The maximum atomic E-state index is 13.6. The molecular formula is C76H85NO13. The monoisotopic (exact) mass is 1220 g/mol. The number of rotatable bonds is 35. The van der Waals surface area contributed by atoms with Gasteiger partial charge in [0.25, 0.3) is 0 Å². The second-order valence-electron chi connectivity index (χ2n) is 22.8. The van der Waals surface area contributed by atoms with Crippen molar-refractivity contribution < 1.29 is 61.6 Å². The van der Waals surface area contributed by atoms with Crippen LogP contribution < -0.4 is 4.74 Å². The molecule has 8 aromatic carbocycles. The number of ether oxygens (including phenoxy) is 12. The minimum atomic E-state index is -1.05. The molecule has 14 nitrogen and oxygen atoms in total. The fraction of sp³-hybridized carbons (Fsp3) is 0.355. The lowest BCUT2D eigenvalue weighted by atomic mass is 9.97. The van der Waals surface area contributed by atoms with Gasteiger partial charge in [-0.15, -0.1) is 0 Å². The van der Waals surface area contributed by atoms with E-state index in [1.54, 1.807) is 12.0 Å². The van der Waals surface area contributed by atoms with Crippen LogP contribution in [0.2, 0.25) is 0 Å². The second-order valence-corrected chi connectivity index (χ2v) is 22.8. The average molecular weight is 1220 g/mol. The Bertz CT molecular complexity index is 3230. The highest BCUT2D eigenvalue weighted by atomic mass is 16.8. The Morgan fingerprint density at radius 3 is 1.38 bits per heavy atom. The lowest BCUT2D eigenvalue weighted by molar-refractivity contribution is -0.347. The number of carbonyl (C=O) groups excluding carboxylic acids is 1. The van der Waals surface area contributed by atoms with Crippen LogP contribution in [-0.2, 0) is 105 Å². The molecule has 0 aliphatic carbocycles. The van der Waals surface area contributed by atoms with Crippen LogP contribution in [0.4, 0.5) is 4.79 Å². The van der Waals surface area contributed by atoms with E-state index >= 15 is 0 Å². The van der Waals surface area contributed by atoms with Crippen molar-refractivity contribution in [3.63, 3.8) is 0 Å². The molecule has 2 fully saturated rings. The largest absolute Gasteiger partial charge is 0.497 e. The minimum absolute atomic E-state index is 0.0985. The van der Waals surface area contributed by atoms with Crippen molar-refractivity contribution in [2.75, 3.05) is 26.9 Å². The summed E-state index contributed by atoms with van der Waals surface area (Å²) in [4.78, 5) is 15.4. The van der Waals surface area contributed by atoms with Crippen LogP contribution in [0.3, 0.4) is 0 Å². The number of benzene rings is 8. The minimum Gasteiger partial charge on any atom is -0.497 e. The Morgan fingerprint density at radius 2 is 0.856 bits per heavy atom. The molecule has 1 amide bonds. The summed E-state index contributed by atoms with van der Waals surface area (Å²) in [6, 6.07) is 77.9. The summed E-state index contributed by atoms with van der Waals surface area (Å²) in [6.07, 6.45) is -5.09. The molecule has 90 heavy (non-hydrogen) atoms. The Morgan fingerprint density at radius 1 is 0.422 bits per heavy atom. The first-order valence-electron chi connectivity index (χ1n) is 31.5. The third kappa shape index (κ3) is 20.2. The first-order valence-corrected chi connectivity index (χ1v) is 31.5. The maximum absolute atomic E-state index is 13.6. The quantitative estimate of drug-likeness (QED) is 0.0350. The van der Waals surface area contributed by atoms with Gasteiger partial charge in [0.1, 0.15) is 55.1 Å². The molecule has 10 atom stereocenters. The smallest absolute Gasteiger partial charge is 0.410 e. The van der Waals surface area contributed by atoms with Gasteiger partial charge in [-0.3, -0.25) is 0 Å². The van der Waals surface area contributed by atoms with Crippen molar-refractivity contribution in [3.8, 4) is 5.75 Å². The zero-order chi connectivity index (χ0) is 61.8. The fourth-order valence-corrected chi connectivity index (χ4v) is 11.1. The molecule has 8 aromatic rings. The van der Waals surface area contributed by atoms with E-state index in [-0.39, 0.29) is 45.7 Å². The highest BCUT2D eigenvalue weighted by Crippen LogP contribution is 2.38. The highest BCUT2D eigenvalue weighted by Gasteiger charge is 2.55. The first-order chi connectivity index (χ1) is 44.4. The van der Waals surface area contributed by atoms with Crippen molar-refractivity contribution in [3.05, 3.63) is 281 Å². The van der Waals surface area contributed by atoms with Gasteiger partial charge in [-0.2, -0.15) is 0 Å². The van der Waals surface area contributed by atoms with E-state index in [4.69, 9.17) is 56.8 Å². The van der Waals surface area contributed by atoms with E-state index in [9.17, 15) is 4.79 Å². The lowest BCUT2D eigenvalue weighted by Crippen LogP contribution is -2.63. The third-order valence-corrected chi connectivity index (χ3v) is 16.0. The van der Waals surface area contributed by atoms with Crippen molar-refractivity contribution in [2.45, 2.75) is 147 Å². The standard InChI is InChI=1S/C76H85NO13/c1-57(82-50-60-32-16-7-17-33-60)68-70(83-51-61-34-18-8-19-35-61)73(86-54-65-42-44-66(79-2)45-43-65)75(89-68)90-69-67(56-80-49-59-30-14-6-15-31-59)88-74(72(85-53-63-38-22-10-23-39-63)71(69)84-52-62-36-20-9-21-37-62)81-47-27-4-3-26-46-77(48-58-28-12-5-13-29-58)76(78)87-55-64-40-24-11-25-41-64/h5-25,28-45,57,67-75H,3-4,26-27,46-56H2,1-2H3/t57-,67-,68+,69+,70+,71+,72-,73-,74-,75+/m1/s1. The zero-order valence-corrected chi connectivity index (χ0v) is 51.7. The van der Waals surface area contributed by atoms with Crippen molar-refractivity contribution in [1.29, 1.82) is 0 Å². The summed E-state index contributed by atoms with van der Waals surface area (Å²) in [5.41, 5.74) is 7.84. The number of unbranched alkanes of at least 4 members (excludes halogenated alkanes) is 3. The predicted molar refractivity (Wildman–Crippen MR) is 344 cm³/mol. The lowest BCUT2D eigenvalue weighted by Gasteiger charge is -2.46. The summed E-state index contributed by atoms with van der Waals surface area (Å²) in [6.45, 7) is 5.26. The Labute approximate surface area is 530 Å². The van der Waals surface area contributed by atoms with Crippen LogP contribution in [0.15, 0.2) is 237 Å². The normalized spacial score (nSPS) is 20.9. The molecule has 472 valence electrons. The fourth-order valence-electron chi connectivity index (χ4n) is 11.1. The number of nitrogens with zero attached hydrogens (tertiary/aromatic N) is 1. The Kier molecular flexibility index (Phi) is 26.0. The molecule has 2 heterocycles. The molecule has 0 bridgehead atoms. The SMILES string of the molecule is COc1ccc(CO[C@H]2[C@H](O[C@@H]3[C@H](OCc4ccccc4)[C@@H](OCc4ccccc4)[C@H](OCCCCCCN(Cc4ccccc4)C(=O)OCc4ccccc4)O[C@@H]3COCc3ccccc3)O[C@@H]([C@@H](C)OCc3ccccc3)[C@@H]2OCc2ccccc2)cc1. The van der Waals surface area contributed by atoms with Gasteiger partial charge in [0.15, 0.2) is 12.6 Å². The molecule has 2 aliphatic heterocycles. The Balaban J connectivity index is 0.927. The summed E-state index contributed by atoms with van der Waals surface area (Å²) in [5, 5.41) is 0. The van der Waals surface area contributed by atoms with E-state index in [1.165, 1.54) is 0 Å². The molecule has 0 radical (unpaired) electrons. The third-order valence-electron chi connectivity index (χ3n) is 16.0. The van der Waals surface area contributed by atoms with Crippen LogP contribution in [0.1, 0.15) is 77.1 Å². The zero-order valence-electron chi connectivity index (χ0n) is 51.7. The molecule has 2 saturated heterocycles. The number of carbonyl (C=O) groups is 1. The van der Waals surface area contributed by atoms with Crippen molar-refractivity contribution in [2.24, 2.45) is 0 Å². The van der Waals surface area contributed by atoms with Crippen LogP contribution in [-0.4, -0.2) is 99.3 Å². The van der Waals surface area contributed by atoms with Gasteiger partial charge in [0.2, 0.25) is 0 Å². The second kappa shape index (κ2) is 35.7. The maximum Gasteiger partial charge on any atom is 0.410 e. The van der Waals surface area contributed by atoms with Crippen molar-refractivity contribution in [1.82, 2.24) is 4.90 Å². The molecule has 0 aromatic heterocycles. The first kappa shape index (κ1) is 65.4. The van der Waals surface area contributed by atoms with E-state index in [1.807, 2.05) is 244 Å². The van der Waals surface area contributed by atoms with Crippen LogP contribution in [0.5, 0.6) is 5.75 Å². The number of amides is 1. The van der Waals surface area contributed by atoms with Crippen LogP contribution >= 0.6 is 0 Å². The van der Waals surface area contributed by atoms with E-state index in [0.717, 1.165) is 69.5 Å². The van der Waals surface area contributed by atoms with Crippen LogP contribution in [0, 0.1) is 0 Å². The Hall–Kier alpha value is -7.57. The molecule has 14 heteroatoms. The van der Waals surface area contributed by atoms with Gasteiger partial charge in [0.05, 0.1) is 59.5 Å². The van der Waals surface area contributed by atoms with Gasteiger partial charge in [-0.25, -0.2) is 4.79 Å². The van der Waals surface area contributed by atoms with E-state index < -0.39 is 61.4 Å². The van der Waals surface area contributed by atoms with E-state index in [0.29, 0.717) is 39.3 Å². The average Bonchev–Trinajstić information content (AvgIpc) is 1.53. The van der Waals surface area contributed by atoms with Gasteiger partial charge in [-0.1, -0.05) is 237 Å². The number of hydrogen-bond acceptors (Lipinski definition) is 13. The topological polar surface area (TPSA) is 131 Å². The summed E-state index contributed by atoms with van der Waals surface area (Å²) >= 11 is 0. The predicted octanol–water partition coefficient (Wildman–Crippen LogP) is 14.4. The molecule has 10 rings (SSSR count). The number of methoxy groups -OCH3 is 1. The molecule has 0 unspecified atom stereocenters.